The van der Waals surface area contributed by atoms with Crippen molar-refractivity contribution in [1.82, 2.24) is 5.32 Å². The van der Waals surface area contributed by atoms with E-state index in [9.17, 15) is 0 Å². The van der Waals surface area contributed by atoms with Crippen LogP contribution in [0.25, 0.3) is 0 Å². The molecule has 1 aliphatic heterocycles. The zero-order chi connectivity index (χ0) is 8.93. The van der Waals surface area contributed by atoms with E-state index in [0.29, 0.717) is 0 Å². The second-order valence-corrected chi connectivity index (χ2v) is 4.54. The Hall–Kier alpha value is -0.300. The molecule has 1 saturated carbocycles. The molecule has 2 aliphatic rings. The summed E-state index contributed by atoms with van der Waals surface area (Å²) in [5.41, 5.74) is 0. The van der Waals surface area contributed by atoms with Gasteiger partial charge in [0.05, 0.1) is 0 Å². The Bertz CT molecular complexity index is 162. The molecular weight excluding hydrogens is 158 g/mol. The molecule has 13 heavy (non-hydrogen) atoms. The zero-order valence-electron chi connectivity index (χ0n) is 8.47. The van der Waals surface area contributed by atoms with Crippen LogP contribution in [0.15, 0.2) is 12.2 Å². The first-order chi connectivity index (χ1) is 6.45. The van der Waals surface area contributed by atoms with Crippen molar-refractivity contribution < 1.29 is 0 Å². The van der Waals surface area contributed by atoms with Crippen molar-refractivity contribution in [2.24, 2.45) is 11.8 Å². The van der Waals surface area contributed by atoms with E-state index in [1.165, 1.54) is 51.6 Å². The highest BCUT2D eigenvalue weighted by Gasteiger charge is 2.13. The number of hydrogen-bond acceptors (Lipinski definition) is 1. The molecule has 74 valence electrons. The Balaban J connectivity index is 1.74. The Morgan fingerprint density at radius 3 is 2.31 bits per heavy atom. The van der Waals surface area contributed by atoms with Gasteiger partial charge in [-0.1, -0.05) is 31.4 Å². The predicted molar refractivity (Wildman–Crippen MR) is 56.7 cm³/mol. The molecule has 2 rings (SSSR count). The lowest BCUT2D eigenvalue weighted by atomic mass is 9.88. The summed E-state index contributed by atoms with van der Waals surface area (Å²) in [5, 5.41) is 3.41. The lowest BCUT2D eigenvalue weighted by molar-refractivity contribution is 0.417. The first-order valence-corrected chi connectivity index (χ1v) is 5.84. The Labute approximate surface area is 81.6 Å². The highest BCUT2D eigenvalue weighted by atomic mass is 14.9. The van der Waals surface area contributed by atoms with E-state index in [1.54, 1.807) is 0 Å². The summed E-state index contributed by atoms with van der Waals surface area (Å²) in [6.45, 7) is 2.43. The van der Waals surface area contributed by atoms with E-state index in [-0.39, 0.29) is 0 Å². The molecule has 1 saturated heterocycles. The van der Waals surface area contributed by atoms with Gasteiger partial charge in [-0.05, 0) is 37.6 Å². The topological polar surface area (TPSA) is 12.0 Å². The fourth-order valence-corrected chi connectivity index (χ4v) is 2.48. The minimum absolute atomic E-state index is 0.835. The fraction of sp³-hybridized carbons (Fsp3) is 0.833. The molecule has 0 amide bonds. The minimum atomic E-state index is 0.835. The highest BCUT2D eigenvalue weighted by Crippen LogP contribution is 2.25. The molecule has 0 aromatic heterocycles. The third-order valence-electron chi connectivity index (χ3n) is 3.40. The monoisotopic (exact) mass is 179 g/mol. The Morgan fingerprint density at radius 1 is 0.846 bits per heavy atom. The van der Waals surface area contributed by atoms with Gasteiger partial charge in [0.15, 0.2) is 0 Å². The molecule has 2 fully saturated rings. The third-order valence-corrected chi connectivity index (χ3v) is 3.40. The molecule has 0 spiro atoms. The second kappa shape index (κ2) is 4.80. The van der Waals surface area contributed by atoms with Gasteiger partial charge in [-0.25, -0.2) is 0 Å². The van der Waals surface area contributed by atoms with Gasteiger partial charge in [-0.15, -0.1) is 0 Å². The summed E-state index contributed by atoms with van der Waals surface area (Å²) in [4.78, 5) is 0. The zero-order valence-corrected chi connectivity index (χ0v) is 8.47. The van der Waals surface area contributed by atoms with E-state index >= 15 is 0 Å². The van der Waals surface area contributed by atoms with Gasteiger partial charge in [-0.3, -0.25) is 0 Å². The number of hydrogen-bond donors (Lipinski definition) is 1. The molecule has 1 N–H and O–H groups in total. The molecule has 1 aliphatic carbocycles. The minimum Gasteiger partial charge on any atom is -0.316 e. The maximum atomic E-state index is 3.41. The van der Waals surface area contributed by atoms with Crippen LogP contribution >= 0.6 is 0 Å². The number of nitrogens with one attached hydrogen (secondary N) is 1. The van der Waals surface area contributed by atoms with E-state index in [1.807, 2.05) is 0 Å². The standard InChI is InChI=1S/C12H21N/c1-2-4-11(5-3-1)6-7-12-8-9-13-10-12/h6-7,11-13H,1-5,8-10H2/b7-6+. The van der Waals surface area contributed by atoms with Crippen molar-refractivity contribution >= 4 is 0 Å². The molecule has 1 heteroatoms. The molecule has 0 aromatic carbocycles. The lowest BCUT2D eigenvalue weighted by Crippen LogP contribution is -2.08. The first kappa shape index (κ1) is 9.26. The van der Waals surface area contributed by atoms with E-state index in [2.05, 4.69) is 17.5 Å². The second-order valence-electron chi connectivity index (χ2n) is 4.54. The highest BCUT2D eigenvalue weighted by molar-refractivity contribution is 4.96. The molecule has 1 nitrogen and oxygen atoms in total. The molecular formula is C12H21N. The normalized spacial score (nSPS) is 31.5. The number of allylic oxidation sites excluding steroid dienone is 1. The summed E-state index contributed by atoms with van der Waals surface area (Å²) in [6, 6.07) is 0. The smallest absolute Gasteiger partial charge is 0.00146 e. The van der Waals surface area contributed by atoms with Crippen LogP contribution in [0, 0.1) is 11.8 Å². The average molecular weight is 179 g/mol. The summed E-state index contributed by atoms with van der Waals surface area (Å²) in [7, 11) is 0. The summed E-state index contributed by atoms with van der Waals surface area (Å²) in [6.07, 6.45) is 13.6. The van der Waals surface area contributed by atoms with Crippen LogP contribution in [0.4, 0.5) is 0 Å². The molecule has 1 heterocycles. The van der Waals surface area contributed by atoms with Crippen LogP contribution in [0.1, 0.15) is 38.5 Å². The van der Waals surface area contributed by atoms with Crippen LogP contribution in [-0.2, 0) is 0 Å². The molecule has 1 unspecified atom stereocenters. The fourth-order valence-electron chi connectivity index (χ4n) is 2.48. The van der Waals surface area contributed by atoms with Crippen molar-refractivity contribution in [3.05, 3.63) is 12.2 Å². The van der Waals surface area contributed by atoms with E-state index in [0.717, 1.165) is 11.8 Å². The maximum absolute atomic E-state index is 3.41. The summed E-state index contributed by atoms with van der Waals surface area (Å²) in [5.74, 6) is 1.75. The quantitative estimate of drug-likeness (QED) is 0.643. The Morgan fingerprint density at radius 2 is 1.62 bits per heavy atom. The van der Waals surface area contributed by atoms with Gasteiger partial charge in [0, 0.05) is 6.54 Å². The van der Waals surface area contributed by atoms with Crippen LogP contribution in [0.2, 0.25) is 0 Å². The number of rotatable bonds is 2. The van der Waals surface area contributed by atoms with Gasteiger partial charge >= 0.3 is 0 Å². The van der Waals surface area contributed by atoms with Crippen molar-refractivity contribution in [1.29, 1.82) is 0 Å². The van der Waals surface area contributed by atoms with Crippen LogP contribution in [0.5, 0.6) is 0 Å². The molecule has 0 aromatic rings. The lowest BCUT2D eigenvalue weighted by Gasteiger charge is -2.18. The van der Waals surface area contributed by atoms with E-state index < -0.39 is 0 Å². The SMILES string of the molecule is C(=C\C1CCNC1)/C1CCCCC1. The van der Waals surface area contributed by atoms with E-state index in [4.69, 9.17) is 0 Å². The molecule has 1 atom stereocenters. The van der Waals surface area contributed by atoms with Crippen LogP contribution < -0.4 is 5.32 Å². The summed E-state index contributed by atoms with van der Waals surface area (Å²) < 4.78 is 0. The molecule has 0 bridgehead atoms. The largest absolute Gasteiger partial charge is 0.316 e. The summed E-state index contributed by atoms with van der Waals surface area (Å²) >= 11 is 0. The van der Waals surface area contributed by atoms with Crippen LogP contribution in [0.3, 0.4) is 0 Å². The van der Waals surface area contributed by atoms with Crippen LogP contribution in [-0.4, -0.2) is 13.1 Å². The van der Waals surface area contributed by atoms with Crippen molar-refractivity contribution in [3.8, 4) is 0 Å². The van der Waals surface area contributed by atoms with Gasteiger partial charge < -0.3 is 5.32 Å². The molecule has 0 radical (unpaired) electrons. The van der Waals surface area contributed by atoms with Crippen molar-refractivity contribution in [3.63, 3.8) is 0 Å². The van der Waals surface area contributed by atoms with Gasteiger partial charge in [-0.2, -0.15) is 0 Å². The predicted octanol–water partition coefficient (Wildman–Crippen LogP) is 2.73. The van der Waals surface area contributed by atoms with Crippen molar-refractivity contribution in [2.45, 2.75) is 38.5 Å². The van der Waals surface area contributed by atoms with Gasteiger partial charge in [0.1, 0.15) is 0 Å². The third kappa shape index (κ3) is 2.84. The average Bonchev–Trinajstić information content (AvgIpc) is 2.69. The van der Waals surface area contributed by atoms with Gasteiger partial charge in [0.25, 0.3) is 0 Å². The van der Waals surface area contributed by atoms with Gasteiger partial charge in [0.2, 0.25) is 0 Å². The first-order valence-electron chi connectivity index (χ1n) is 5.84. The van der Waals surface area contributed by atoms with Crippen molar-refractivity contribution in [2.75, 3.05) is 13.1 Å². The maximum Gasteiger partial charge on any atom is 0.00146 e. The Kier molecular flexibility index (Phi) is 3.42.